The molecule has 0 saturated heterocycles. The normalized spacial score (nSPS) is 11.8. The Hall–Kier alpha value is -5.74. The van der Waals surface area contributed by atoms with E-state index >= 15 is 0 Å². The molecule has 0 radical (unpaired) electrons. The van der Waals surface area contributed by atoms with E-state index in [0.717, 1.165) is 55.1 Å². The molecule has 0 amide bonds. The predicted octanol–water partition coefficient (Wildman–Crippen LogP) is 10.6. The maximum absolute atomic E-state index is 4.81. The Kier molecular flexibility index (Phi) is 6.16. The molecular formula is C39H26N4. The minimum atomic E-state index is -0.160. The Morgan fingerprint density at radius 3 is 1.86 bits per heavy atom. The summed E-state index contributed by atoms with van der Waals surface area (Å²) in [6, 6.07) is 48.3. The zero-order valence-corrected chi connectivity index (χ0v) is 23.3. The van der Waals surface area contributed by atoms with Gasteiger partial charge in [-0.2, -0.15) is 10.2 Å². The summed E-state index contributed by atoms with van der Waals surface area (Å²) in [6.07, 6.45) is 3.77. The number of benzene rings is 6. The highest BCUT2D eigenvalue weighted by molar-refractivity contribution is 6.09. The number of fused-ring (bicyclic) bond motifs is 6. The number of pyridine rings is 2. The molecule has 0 N–H and O–H groups in total. The first kappa shape index (κ1) is 25.0. The molecule has 43 heavy (non-hydrogen) atoms. The molecule has 202 valence electrons. The molecule has 0 aliphatic carbocycles. The third-order valence-corrected chi connectivity index (χ3v) is 8.09. The van der Waals surface area contributed by atoms with Crippen molar-refractivity contribution in [3.63, 3.8) is 0 Å². The topological polar surface area (TPSA) is 50.5 Å². The third kappa shape index (κ3) is 4.69. The van der Waals surface area contributed by atoms with Gasteiger partial charge in [0.05, 0.1) is 16.7 Å². The lowest BCUT2D eigenvalue weighted by atomic mass is 9.97. The molecule has 0 aliphatic rings. The van der Waals surface area contributed by atoms with E-state index in [-0.39, 0.29) is 6.04 Å². The molecule has 8 rings (SSSR count). The van der Waals surface area contributed by atoms with Crippen molar-refractivity contribution < 1.29 is 0 Å². The van der Waals surface area contributed by atoms with Crippen LogP contribution in [0.4, 0.5) is 5.69 Å². The number of azo groups is 1. The third-order valence-electron chi connectivity index (χ3n) is 8.09. The highest BCUT2D eigenvalue weighted by Gasteiger charge is 2.13. The van der Waals surface area contributed by atoms with E-state index in [0.29, 0.717) is 0 Å². The highest BCUT2D eigenvalue weighted by atomic mass is 15.1. The molecule has 0 bridgehead atoms. The molecule has 0 saturated carbocycles. The SMILES string of the molecule is c1ccc(C(N=Nc2ccc3c(ccc4cc(-c5cnc6c(ccc7cccnc76)c5)ccc43)c2)c2ccccc2)cc1. The molecule has 2 aromatic heterocycles. The van der Waals surface area contributed by atoms with E-state index < -0.39 is 0 Å². The van der Waals surface area contributed by atoms with Crippen molar-refractivity contribution in [1.82, 2.24) is 9.97 Å². The van der Waals surface area contributed by atoms with Crippen molar-refractivity contribution in [2.24, 2.45) is 10.2 Å². The van der Waals surface area contributed by atoms with Crippen molar-refractivity contribution in [1.29, 1.82) is 0 Å². The number of rotatable bonds is 5. The summed E-state index contributed by atoms with van der Waals surface area (Å²) < 4.78 is 0. The van der Waals surface area contributed by atoms with Gasteiger partial charge >= 0.3 is 0 Å². The zero-order valence-electron chi connectivity index (χ0n) is 23.3. The number of nitrogens with zero attached hydrogens (tertiary/aromatic N) is 4. The molecule has 8 aromatic rings. The van der Waals surface area contributed by atoms with E-state index in [1.165, 1.54) is 16.2 Å². The molecule has 0 unspecified atom stereocenters. The van der Waals surface area contributed by atoms with Gasteiger partial charge in [0.15, 0.2) is 0 Å². The molecule has 4 nitrogen and oxygen atoms in total. The van der Waals surface area contributed by atoms with Gasteiger partial charge in [0.25, 0.3) is 0 Å². The van der Waals surface area contributed by atoms with Crippen LogP contribution >= 0.6 is 0 Å². The molecule has 0 fully saturated rings. The second-order valence-corrected chi connectivity index (χ2v) is 10.8. The number of aromatic nitrogens is 2. The van der Waals surface area contributed by atoms with Crippen molar-refractivity contribution in [2.45, 2.75) is 6.04 Å². The molecular weight excluding hydrogens is 524 g/mol. The van der Waals surface area contributed by atoms with E-state index in [1.807, 2.05) is 54.9 Å². The lowest BCUT2D eigenvalue weighted by Gasteiger charge is -2.12. The summed E-state index contributed by atoms with van der Waals surface area (Å²) in [5.74, 6) is 0. The average molecular weight is 551 g/mol. The predicted molar refractivity (Wildman–Crippen MR) is 177 cm³/mol. The van der Waals surface area contributed by atoms with Crippen LogP contribution < -0.4 is 0 Å². The van der Waals surface area contributed by atoms with E-state index in [2.05, 4.69) is 102 Å². The Morgan fingerprint density at radius 2 is 1.09 bits per heavy atom. The summed E-state index contributed by atoms with van der Waals surface area (Å²) in [4.78, 5) is 9.37. The molecule has 2 heterocycles. The van der Waals surface area contributed by atoms with Crippen LogP contribution in [0.1, 0.15) is 17.2 Å². The monoisotopic (exact) mass is 550 g/mol. The summed E-state index contributed by atoms with van der Waals surface area (Å²) >= 11 is 0. The highest BCUT2D eigenvalue weighted by Crippen LogP contribution is 2.34. The van der Waals surface area contributed by atoms with Crippen LogP contribution in [-0.4, -0.2) is 9.97 Å². The van der Waals surface area contributed by atoms with Crippen LogP contribution in [0.5, 0.6) is 0 Å². The lowest BCUT2D eigenvalue weighted by Crippen LogP contribution is -1.96. The van der Waals surface area contributed by atoms with E-state index in [9.17, 15) is 0 Å². The van der Waals surface area contributed by atoms with E-state index in [4.69, 9.17) is 15.2 Å². The minimum absolute atomic E-state index is 0.160. The number of hydrogen-bond acceptors (Lipinski definition) is 4. The number of hydrogen-bond donors (Lipinski definition) is 0. The van der Waals surface area contributed by atoms with Gasteiger partial charge in [-0.15, -0.1) is 0 Å². The minimum Gasteiger partial charge on any atom is -0.254 e. The van der Waals surface area contributed by atoms with Gasteiger partial charge in [-0.05, 0) is 68.6 Å². The molecule has 6 aromatic carbocycles. The van der Waals surface area contributed by atoms with Crippen LogP contribution in [0.2, 0.25) is 0 Å². The van der Waals surface area contributed by atoms with Crippen molar-refractivity contribution in [3.05, 3.63) is 163 Å². The first-order valence-corrected chi connectivity index (χ1v) is 14.4. The Labute approximate surface area is 249 Å². The largest absolute Gasteiger partial charge is 0.254 e. The summed E-state index contributed by atoms with van der Waals surface area (Å²) in [6.45, 7) is 0. The van der Waals surface area contributed by atoms with Crippen molar-refractivity contribution in [3.8, 4) is 11.1 Å². The Balaban J connectivity index is 1.13. The Bertz CT molecular complexity index is 2250. The maximum Gasteiger partial charge on any atom is 0.121 e. The molecule has 0 atom stereocenters. The van der Waals surface area contributed by atoms with Crippen molar-refractivity contribution in [2.75, 3.05) is 0 Å². The van der Waals surface area contributed by atoms with Gasteiger partial charge in [0.2, 0.25) is 0 Å². The summed E-state index contributed by atoms with van der Waals surface area (Å²) in [5.41, 5.74) is 7.17. The van der Waals surface area contributed by atoms with Gasteiger partial charge in [-0.25, -0.2) is 0 Å². The van der Waals surface area contributed by atoms with Crippen LogP contribution in [0, 0.1) is 0 Å². The fourth-order valence-electron chi connectivity index (χ4n) is 5.92. The van der Waals surface area contributed by atoms with E-state index in [1.54, 1.807) is 0 Å². The lowest BCUT2D eigenvalue weighted by molar-refractivity contribution is 0.809. The fourth-order valence-corrected chi connectivity index (χ4v) is 5.92. The smallest absolute Gasteiger partial charge is 0.121 e. The second-order valence-electron chi connectivity index (χ2n) is 10.8. The molecule has 0 spiro atoms. The first-order chi connectivity index (χ1) is 21.3. The standard InChI is InChI=1S/C39H26N4/c1-3-8-26(9-4-1)37(27-10-5-2-6-11-27)43-42-34-18-20-36-31(24-34)15-14-30-22-29(17-19-35(30)36)33-23-32-16-13-28-12-7-21-40-38(28)39(32)41-25-33/h1-25,37H. The van der Waals surface area contributed by atoms with Gasteiger partial charge < -0.3 is 0 Å². The van der Waals surface area contributed by atoms with Gasteiger partial charge in [-0.1, -0.05) is 109 Å². The van der Waals surface area contributed by atoms with Gasteiger partial charge in [-0.3, -0.25) is 9.97 Å². The van der Waals surface area contributed by atoms with Gasteiger partial charge in [0, 0.05) is 28.7 Å². The molecule has 4 heteroatoms. The molecule has 0 aliphatic heterocycles. The van der Waals surface area contributed by atoms with Crippen LogP contribution in [-0.2, 0) is 0 Å². The van der Waals surface area contributed by atoms with Gasteiger partial charge in [0.1, 0.15) is 6.04 Å². The quantitative estimate of drug-likeness (QED) is 0.158. The average Bonchev–Trinajstić information content (AvgIpc) is 3.08. The maximum atomic E-state index is 4.81. The van der Waals surface area contributed by atoms with Crippen molar-refractivity contribution >= 4 is 49.0 Å². The van der Waals surface area contributed by atoms with Crippen LogP contribution in [0.3, 0.4) is 0 Å². The first-order valence-electron chi connectivity index (χ1n) is 14.4. The summed E-state index contributed by atoms with van der Waals surface area (Å²) in [5, 5.41) is 16.4. The summed E-state index contributed by atoms with van der Waals surface area (Å²) in [7, 11) is 0. The zero-order chi connectivity index (χ0) is 28.6. The Morgan fingerprint density at radius 1 is 0.465 bits per heavy atom. The van der Waals surface area contributed by atoms with Crippen LogP contribution in [0.25, 0.3) is 54.5 Å². The van der Waals surface area contributed by atoms with Crippen LogP contribution in [0.15, 0.2) is 162 Å². The fraction of sp³-hybridized carbons (Fsp3) is 0.0256. The second kappa shape index (κ2) is 10.6.